The lowest BCUT2D eigenvalue weighted by Gasteiger charge is -2.08. The van der Waals surface area contributed by atoms with Crippen LogP contribution in [-0.2, 0) is 6.54 Å². The lowest BCUT2D eigenvalue weighted by Crippen LogP contribution is -2.23. The van der Waals surface area contributed by atoms with Crippen molar-refractivity contribution in [1.82, 2.24) is 24.7 Å². The van der Waals surface area contributed by atoms with E-state index in [2.05, 4.69) is 25.6 Å². The number of nitrogens with one attached hydrogen (secondary N) is 2. The second-order valence-electron chi connectivity index (χ2n) is 7.12. The van der Waals surface area contributed by atoms with E-state index >= 15 is 0 Å². The molecule has 4 heterocycles. The zero-order valence-electron chi connectivity index (χ0n) is 15.3. The molecule has 0 aliphatic heterocycles. The molecule has 140 valence electrons. The van der Waals surface area contributed by atoms with Crippen LogP contribution in [0, 0.1) is 5.92 Å². The molecule has 4 aromatic rings. The van der Waals surface area contributed by atoms with Crippen molar-refractivity contribution in [2.45, 2.75) is 19.4 Å². The summed E-state index contributed by atoms with van der Waals surface area (Å²) in [5.74, 6) is 1.27. The van der Waals surface area contributed by atoms with E-state index in [-0.39, 0.29) is 5.91 Å². The highest BCUT2D eigenvalue weighted by Crippen LogP contribution is 2.32. The Morgan fingerprint density at radius 1 is 1.18 bits per heavy atom. The van der Waals surface area contributed by atoms with Gasteiger partial charge in [0, 0.05) is 31.7 Å². The Morgan fingerprint density at radius 2 is 2.11 bits per heavy atom. The first-order chi connectivity index (χ1) is 13.8. The summed E-state index contributed by atoms with van der Waals surface area (Å²) in [7, 11) is 0. The number of pyridine rings is 2. The van der Waals surface area contributed by atoms with Gasteiger partial charge >= 0.3 is 0 Å². The number of hydrogen-bond donors (Lipinski definition) is 2. The highest BCUT2D eigenvalue weighted by atomic mass is 16.1. The van der Waals surface area contributed by atoms with Crippen LogP contribution in [0.2, 0.25) is 0 Å². The summed E-state index contributed by atoms with van der Waals surface area (Å²) in [6.07, 6.45) is 9.44. The molecule has 1 amide bonds. The molecule has 1 fully saturated rings. The fraction of sp³-hybridized carbons (Fsp3) is 0.238. The van der Waals surface area contributed by atoms with E-state index in [0.717, 1.165) is 28.7 Å². The number of fused-ring (bicyclic) bond motifs is 3. The lowest BCUT2D eigenvalue weighted by molar-refractivity contribution is 0.0954. The fourth-order valence-corrected chi connectivity index (χ4v) is 3.45. The molecule has 1 aliphatic carbocycles. The molecule has 0 radical (unpaired) electrons. The van der Waals surface area contributed by atoms with Crippen molar-refractivity contribution in [1.29, 1.82) is 0 Å². The van der Waals surface area contributed by atoms with Crippen LogP contribution in [0.3, 0.4) is 0 Å². The molecule has 7 nitrogen and oxygen atoms in total. The van der Waals surface area contributed by atoms with Gasteiger partial charge in [0.2, 0.25) is 0 Å². The van der Waals surface area contributed by atoms with E-state index in [0.29, 0.717) is 23.8 Å². The SMILES string of the molecule is O=C(NCc1cccnc1)c1c2c(NCC3CC3)ncnc2n2ccccc12. The van der Waals surface area contributed by atoms with Crippen LogP contribution in [0.15, 0.2) is 55.2 Å². The van der Waals surface area contributed by atoms with Crippen LogP contribution in [0.1, 0.15) is 28.8 Å². The molecule has 1 saturated carbocycles. The molecule has 0 unspecified atom stereocenters. The Kier molecular flexibility index (Phi) is 4.12. The number of carbonyl (C=O) groups excluding carboxylic acids is 1. The molecular weight excluding hydrogens is 352 g/mol. The predicted molar refractivity (Wildman–Crippen MR) is 107 cm³/mol. The molecule has 28 heavy (non-hydrogen) atoms. The summed E-state index contributed by atoms with van der Waals surface area (Å²) in [4.78, 5) is 26.2. The molecule has 1 aliphatic rings. The van der Waals surface area contributed by atoms with Crippen molar-refractivity contribution in [3.8, 4) is 0 Å². The van der Waals surface area contributed by atoms with Gasteiger partial charge in [0.05, 0.1) is 16.5 Å². The van der Waals surface area contributed by atoms with Gasteiger partial charge in [-0.1, -0.05) is 12.1 Å². The molecule has 7 heteroatoms. The molecule has 0 spiro atoms. The van der Waals surface area contributed by atoms with Gasteiger partial charge < -0.3 is 15.0 Å². The molecule has 5 rings (SSSR count). The van der Waals surface area contributed by atoms with E-state index in [1.165, 1.54) is 12.8 Å². The standard InChI is InChI=1S/C21H20N6O/c28-21(24-12-15-4-3-8-22-10-15)17-16-5-1-2-9-27(16)20-18(17)19(25-13-26-20)23-11-14-6-7-14/h1-5,8-10,13-14H,6-7,11-12H2,(H,24,28)(H,23,25,26). The number of rotatable bonds is 6. The minimum Gasteiger partial charge on any atom is -0.369 e. The Balaban J connectivity index is 1.57. The fourth-order valence-electron chi connectivity index (χ4n) is 3.45. The Morgan fingerprint density at radius 3 is 2.93 bits per heavy atom. The highest BCUT2D eigenvalue weighted by Gasteiger charge is 2.25. The number of carbonyl (C=O) groups is 1. The first-order valence-electron chi connectivity index (χ1n) is 9.46. The predicted octanol–water partition coefficient (Wildman–Crippen LogP) is 3.03. The van der Waals surface area contributed by atoms with Crippen LogP contribution in [0.4, 0.5) is 5.82 Å². The molecule has 0 aromatic carbocycles. The summed E-state index contributed by atoms with van der Waals surface area (Å²) in [5, 5.41) is 7.20. The number of amides is 1. The first-order valence-corrected chi connectivity index (χ1v) is 9.46. The topological polar surface area (TPSA) is 84.2 Å². The van der Waals surface area contributed by atoms with Gasteiger partial charge in [-0.2, -0.15) is 0 Å². The molecule has 4 aromatic heterocycles. The summed E-state index contributed by atoms with van der Waals surface area (Å²) < 4.78 is 1.94. The van der Waals surface area contributed by atoms with Crippen molar-refractivity contribution >= 4 is 28.3 Å². The highest BCUT2D eigenvalue weighted by molar-refractivity contribution is 6.16. The minimum absolute atomic E-state index is 0.146. The van der Waals surface area contributed by atoms with Crippen LogP contribution in [-0.4, -0.2) is 31.8 Å². The van der Waals surface area contributed by atoms with Crippen molar-refractivity contribution < 1.29 is 4.79 Å². The van der Waals surface area contributed by atoms with Gasteiger partial charge in [0.15, 0.2) is 5.65 Å². The third-order valence-corrected chi connectivity index (χ3v) is 5.08. The Hall–Kier alpha value is -3.48. The van der Waals surface area contributed by atoms with E-state index < -0.39 is 0 Å². The van der Waals surface area contributed by atoms with E-state index in [9.17, 15) is 4.79 Å². The summed E-state index contributed by atoms with van der Waals surface area (Å²) >= 11 is 0. The first kappa shape index (κ1) is 16.7. The Bertz CT molecular complexity index is 1150. The second kappa shape index (κ2) is 6.92. The van der Waals surface area contributed by atoms with E-state index in [4.69, 9.17) is 0 Å². The van der Waals surface area contributed by atoms with E-state index in [1.54, 1.807) is 18.7 Å². The lowest BCUT2D eigenvalue weighted by atomic mass is 10.1. The minimum atomic E-state index is -0.146. The summed E-state index contributed by atoms with van der Waals surface area (Å²) in [5.41, 5.74) is 3.09. The summed E-state index contributed by atoms with van der Waals surface area (Å²) in [6.45, 7) is 1.28. The smallest absolute Gasteiger partial charge is 0.254 e. The van der Waals surface area contributed by atoms with Gasteiger partial charge in [-0.3, -0.25) is 9.78 Å². The molecule has 0 atom stereocenters. The number of anilines is 1. The Labute approximate surface area is 161 Å². The average Bonchev–Trinajstić information content (AvgIpc) is 3.51. The van der Waals surface area contributed by atoms with Crippen LogP contribution in [0.5, 0.6) is 0 Å². The molecule has 0 saturated heterocycles. The van der Waals surface area contributed by atoms with Crippen molar-refractivity contribution in [2.75, 3.05) is 11.9 Å². The van der Waals surface area contributed by atoms with Crippen LogP contribution in [0.25, 0.3) is 16.6 Å². The maximum absolute atomic E-state index is 13.2. The average molecular weight is 372 g/mol. The quantitative estimate of drug-likeness (QED) is 0.543. The zero-order valence-corrected chi connectivity index (χ0v) is 15.3. The van der Waals surface area contributed by atoms with Crippen molar-refractivity contribution in [3.05, 3.63) is 66.4 Å². The maximum atomic E-state index is 13.2. The molecule has 0 bridgehead atoms. The largest absolute Gasteiger partial charge is 0.369 e. The van der Waals surface area contributed by atoms with Gasteiger partial charge in [-0.25, -0.2) is 9.97 Å². The van der Waals surface area contributed by atoms with Gasteiger partial charge in [-0.05, 0) is 42.5 Å². The zero-order chi connectivity index (χ0) is 18.9. The second-order valence-corrected chi connectivity index (χ2v) is 7.12. The third-order valence-electron chi connectivity index (χ3n) is 5.08. The molecule has 2 N–H and O–H groups in total. The number of nitrogens with zero attached hydrogens (tertiary/aromatic N) is 4. The van der Waals surface area contributed by atoms with E-state index in [1.807, 2.05) is 40.9 Å². The number of aromatic nitrogens is 4. The van der Waals surface area contributed by atoms with Crippen molar-refractivity contribution in [3.63, 3.8) is 0 Å². The maximum Gasteiger partial charge on any atom is 0.254 e. The van der Waals surface area contributed by atoms with Gasteiger partial charge in [0.1, 0.15) is 12.1 Å². The monoisotopic (exact) mass is 372 g/mol. The third kappa shape index (κ3) is 3.05. The molecular formula is C21H20N6O. The normalized spacial score (nSPS) is 13.7. The number of hydrogen-bond acceptors (Lipinski definition) is 5. The van der Waals surface area contributed by atoms with Crippen LogP contribution >= 0.6 is 0 Å². The van der Waals surface area contributed by atoms with Crippen molar-refractivity contribution in [2.24, 2.45) is 5.92 Å². The summed E-state index contributed by atoms with van der Waals surface area (Å²) in [6, 6.07) is 9.60. The van der Waals surface area contributed by atoms with Crippen LogP contribution < -0.4 is 10.6 Å². The van der Waals surface area contributed by atoms with Gasteiger partial charge in [0.25, 0.3) is 5.91 Å². The van der Waals surface area contributed by atoms with Gasteiger partial charge in [-0.15, -0.1) is 0 Å².